The van der Waals surface area contributed by atoms with E-state index in [1.807, 2.05) is 6.07 Å². The summed E-state index contributed by atoms with van der Waals surface area (Å²) in [6.45, 7) is 2.43. The monoisotopic (exact) mass is 349 g/mol. The number of amides is 1. The third-order valence-electron chi connectivity index (χ3n) is 3.30. The minimum absolute atomic E-state index is 0.137. The van der Waals surface area contributed by atoms with Gasteiger partial charge in [-0.05, 0) is 37.5 Å². The van der Waals surface area contributed by atoms with Crippen LogP contribution >= 0.6 is 11.6 Å². The highest BCUT2D eigenvalue weighted by Crippen LogP contribution is 2.12. The first-order chi connectivity index (χ1) is 11.5. The fourth-order valence-electron chi connectivity index (χ4n) is 2.12. The number of ketones is 1. The van der Waals surface area contributed by atoms with Gasteiger partial charge < -0.3 is 9.53 Å². The number of aryl methyl sites for hydroxylation is 1. The molecule has 1 aromatic carbocycles. The molecule has 0 aliphatic rings. The summed E-state index contributed by atoms with van der Waals surface area (Å²) in [5.74, 6) is 0.623. The van der Waals surface area contributed by atoms with Gasteiger partial charge in [-0.25, -0.2) is 4.79 Å². The van der Waals surface area contributed by atoms with Crippen molar-refractivity contribution in [1.29, 1.82) is 0 Å². The highest BCUT2D eigenvalue weighted by molar-refractivity contribution is 6.30. The maximum atomic E-state index is 11.8. The van der Waals surface area contributed by atoms with E-state index in [1.54, 1.807) is 42.1 Å². The van der Waals surface area contributed by atoms with E-state index in [2.05, 4.69) is 10.4 Å². The van der Waals surface area contributed by atoms with Crippen molar-refractivity contribution >= 4 is 29.3 Å². The molecule has 0 saturated carbocycles. The molecule has 7 heteroatoms. The maximum Gasteiger partial charge on any atom is 0.413 e. The molecular formula is C17H20ClN3O3. The van der Waals surface area contributed by atoms with Gasteiger partial charge in [-0.3, -0.25) is 10.00 Å². The summed E-state index contributed by atoms with van der Waals surface area (Å²) in [5.41, 5.74) is 0.814. The van der Waals surface area contributed by atoms with Crippen LogP contribution in [-0.4, -0.2) is 21.7 Å². The minimum atomic E-state index is -0.572. The molecule has 0 bridgehead atoms. The molecule has 1 N–H and O–H groups in total. The minimum Gasteiger partial charge on any atom is -0.444 e. The summed E-state index contributed by atoms with van der Waals surface area (Å²) in [5, 5.41) is 7.41. The predicted molar refractivity (Wildman–Crippen MR) is 92.0 cm³/mol. The van der Waals surface area contributed by atoms with Crippen LogP contribution in [0.25, 0.3) is 0 Å². The Bertz CT molecular complexity index is 700. The Balaban J connectivity index is 1.73. The van der Waals surface area contributed by atoms with Crippen molar-refractivity contribution in [3.63, 3.8) is 0 Å². The molecule has 0 aliphatic heterocycles. The Morgan fingerprint density at radius 3 is 2.88 bits per heavy atom. The van der Waals surface area contributed by atoms with Crippen LogP contribution in [0.5, 0.6) is 0 Å². The molecule has 0 aliphatic carbocycles. The third kappa shape index (κ3) is 6.42. The van der Waals surface area contributed by atoms with E-state index in [0.717, 1.165) is 18.4 Å². The lowest BCUT2D eigenvalue weighted by atomic mass is 10.2. The van der Waals surface area contributed by atoms with Crippen LogP contribution in [0.4, 0.5) is 10.6 Å². The largest absolute Gasteiger partial charge is 0.444 e. The second kappa shape index (κ2) is 9.08. The van der Waals surface area contributed by atoms with Gasteiger partial charge in [-0.2, -0.15) is 5.10 Å². The maximum absolute atomic E-state index is 11.8. The number of nitrogens with one attached hydrogen (secondary N) is 1. The van der Waals surface area contributed by atoms with Crippen LogP contribution < -0.4 is 5.32 Å². The quantitative estimate of drug-likeness (QED) is 0.730. The topological polar surface area (TPSA) is 73.2 Å². The lowest BCUT2D eigenvalue weighted by molar-refractivity contribution is -0.117. The molecule has 0 radical (unpaired) electrons. The SMILES string of the molecule is CC(=O)CCCCn1ccc(NC(=O)OCc2cccc(Cl)c2)n1. The van der Waals surface area contributed by atoms with Crippen molar-refractivity contribution in [3.8, 4) is 0 Å². The number of hydrogen-bond acceptors (Lipinski definition) is 4. The number of anilines is 1. The van der Waals surface area contributed by atoms with Crippen molar-refractivity contribution in [2.45, 2.75) is 39.3 Å². The number of benzene rings is 1. The highest BCUT2D eigenvalue weighted by atomic mass is 35.5. The summed E-state index contributed by atoms with van der Waals surface area (Å²) in [6.07, 6.45) is 3.49. The van der Waals surface area contributed by atoms with Gasteiger partial charge in [0.15, 0.2) is 5.82 Å². The Morgan fingerprint density at radius 1 is 1.29 bits per heavy atom. The van der Waals surface area contributed by atoms with E-state index in [9.17, 15) is 9.59 Å². The number of ether oxygens (including phenoxy) is 1. The fraction of sp³-hybridized carbons (Fsp3) is 0.353. The summed E-state index contributed by atoms with van der Waals surface area (Å²) in [4.78, 5) is 22.6. The van der Waals surface area contributed by atoms with Gasteiger partial charge in [0.05, 0.1) is 0 Å². The van der Waals surface area contributed by atoms with Crippen LogP contribution in [0.15, 0.2) is 36.5 Å². The Hall–Kier alpha value is -2.34. The van der Waals surface area contributed by atoms with Crippen LogP contribution in [0.1, 0.15) is 31.7 Å². The molecule has 1 aromatic heterocycles. The van der Waals surface area contributed by atoms with Gasteiger partial charge in [0.1, 0.15) is 12.4 Å². The average molecular weight is 350 g/mol. The van der Waals surface area contributed by atoms with E-state index >= 15 is 0 Å². The van der Waals surface area contributed by atoms with Crippen molar-refractivity contribution in [2.75, 3.05) is 5.32 Å². The Kier molecular flexibility index (Phi) is 6.81. The van der Waals surface area contributed by atoms with Crippen molar-refractivity contribution in [1.82, 2.24) is 9.78 Å². The number of halogens is 1. The zero-order valence-electron chi connectivity index (χ0n) is 13.5. The van der Waals surface area contributed by atoms with Crippen molar-refractivity contribution in [3.05, 3.63) is 47.1 Å². The second-order valence-electron chi connectivity index (χ2n) is 5.45. The van der Waals surface area contributed by atoms with Gasteiger partial charge in [-0.1, -0.05) is 23.7 Å². The molecule has 2 aromatic rings. The highest BCUT2D eigenvalue weighted by Gasteiger charge is 2.07. The first-order valence-electron chi connectivity index (χ1n) is 7.74. The summed E-state index contributed by atoms with van der Waals surface area (Å²) >= 11 is 5.87. The van der Waals surface area contributed by atoms with Crippen LogP contribution in [0.3, 0.4) is 0 Å². The normalized spacial score (nSPS) is 10.4. The van der Waals surface area contributed by atoms with Gasteiger partial charge in [0.25, 0.3) is 0 Å². The van der Waals surface area contributed by atoms with E-state index in [0.29, 0.717) is 23.8 Å². The number of Topliss-reactive ketones (excluding diaryl/α,β-unsaturated/α-hetero) is 1. The number of carbonyl (C=O) groups excluding carboxylic acids is 2. The second-order valence-corrected chi connectivity index (χ2v) is 5.89. The number of rotatable bonds is 8. The molecule has 0 fully saturated rings. The number of nitrogens with zero attached hydrogens (tertiary/aromatic N) is 2. The first kappa shape index (κ1) is 18.0. The van der Waals surface area contributed by atoms with E-state index in [4.69, 9.17) is 16.3 Å². The van der Waals surface area contributed by atoms with Gasteiger partial charge >= 0.3 is 6.09 Å². The van der Waals surface area contributed by atoms with Crippen LogP contribution in [0, 0.1) is 0 Å². The smallest absolute Gasteiger partial charge is 0.413 e. The molecule has 0 saturated heterocycles. The third-order valence-corrected chi connectivity index (χ3v) is 3.53. The summed E-state index contributed by atoms with van der Waals surface area (Å²) in [6, 6.07) is 8.83. The van der Waals surface area contributed by atoms with Crippen molar-refractivity contribution in [2.24, 2.45) is 0 Å². The first-order valence-corrected chi connectivity index (χ1v) is 8.12. The standard InChI is InChI=1S/C17H20ClN3O3/c1-13(22)5-2-3-9-21-10-8-16(20-21)19-17(23)24-12-14-6-4-7-15(18)11-14/h4,6-8,10-11H,2-3,5,9,12H2,1H3,(H,19,20,23). The molecule has 1 heterocycles. The molecule has 0 atom stereocenters. The van der Waals surface area contributed by atoms with Crippen molar-refractivity contribution < 1.29 is 14.3 Å². The molecule has 6 nitrogen and oxygen atoms in total. The number of carbonyl (C=O) groups is 2. The molecule has 0 unspecified atom stereocenters. The molecular weight excluding hydrogens is 330 g/mol. The lowest BCUT2D eigenvalue weighted by Crippen LogP contribution is -2.14. The predicted octanol–water partition coefficient (Wildman–Crippen LogP) is 4.04. The van der Waals surface area contributed by atoms with Gasteiger partial charge in [0, 0.05) is 30.3 Å². The van der Waals surface area contributed by atoms with Gasteiger partial charge in [-0.15, -0.1) is 0 Å². The Morgan fingerprint density at radius 2 is 2.12 bits per heavy atom. The van der Waals surface area contributed by atoms with Gasteiger partial charge in [0.2, 0.25) is 0 Å². The molecule has 1 amide bonds. The number of aromatic nitrogens is 2. The van der Waals surface area contributed by atoms with E-state index in [-0.39, 0.29) is 12.4 Å². The van der Waals surface area contributed by atoms with E-state index in [1.165, 1.54) is 0 Å². The average Bonchev–Trinajstić information content (AvgIpc) is 2.97. The van der Waals surface area contributed by atoms with E-state index < -0.39 is 6.09 Å². The fourth-order valence-corrected chi connectivity index (χ4v) is 2.33. The molecule has 128 valence electrons. The summed E-state index contributed by atoms with van der Waals surface area (Å²) in [7, 11) is 0. The summed E-state index contributed by atoms with van der Waals surface area (Å²) < 4.78 is 6.85. The molecule has 0 spiro atoms. The lowest BCUT2D eigenvalue weighted by Gasteiger charge is -2.05. The van der Waals surface area contributed by atoms with Crippen LogP contribution in [0.2, 0.25) is 5.02 Å². The van der Waals surface area contributed by atoms with Crippen LogP contribution in [-0.2, 0) is 22.7 Å². The molecule has 2 rings (SSSR count). The zero-order valence-corrected chi connectivity index (χ0v) is 14.3. The number of unbranched alkanes of at least 4 members (excludes halogenated alkanes) is 1. The number of hydrogen-bond donors (Lipinski definition) is 1. The molecule has 24 heavy (non-hydrogen) atoms. The Labute approximate surface area is 145 Å². The zero-order chi connectivity index (χ0) is 17.4.